The Labute approximate surface area is 118 Å². The standard InChI is InChI=1S/C14H20N4O2/c1-20-14(19)12-4-5-13(17-16-12)15-8-10-6-7-18(9-10)11-2-3-11/h4-5,10-11H,2-3,6-9H2,1H3,(H,15,17). The van der Waals surface area contributed by atoms with Gasteiger partial charge in [0.2, 0.25) is 0 Å². The molecule has 1 aliphatic heterocycles. The molecule has 1 unspecified atom stereocenters. The third kappa shape index (κ3) is 3.07. The fourth-order valence-electron chi connectivity index (χ4n) is 2.69. The molecule has 0 radical (unpaired) electrons. The monoisotopic (exact) mass is 276 g/mol. The summed E-state index contributed by atoms with van der Waals surface area (Å²) in [5.74, 6) is 0.931. The fourth-order valence-corrected chi connectivity index (χ4v) is 2.69. The van der Waals surface area contributed by atoms with Crippen molar-refractivity contribution in [2.45, 2.75) is 25.3 Å². The number of carbonyl (C=O) groups is 1. The highest BCUT2D eigenvalue weighted by Gasteiger charge is 2.34. The van der Waals surface area contributed by atoms with Gasteiger partial charge in [-0.1, -0.05) is 0 Å². The van der Waals surface area contributed by atoms with Crippen molar-refractivity contribution in [1.82, 2.24) is 15.1 Å². The molecule has 2 heterocycles. The minimum atomic E-state index is -0.458. The normalized spacial score (nSPS) is 22.8. The number of ether oxygens (including phenoxy) is 1. The summed E-state index contributed by atoms with van der Waals surface area (Å²) in [6, 6.07) is 4.26. The second-order valence-corrected chi connectivity index (χ2v) is 5.56. The lowest BCUT2D eigenvalue weighted by Crippen LogP contribution is -2.25. The molecule has 1 saturated carbocycles. The zero-order chi connectivity index (χ0) is 13.9. The molecule has 20 heavy (non-hydrogen) atoms. The van der Waals surface area contributed by atoms with Crippen LogP contribution in [-0.2, 0) is 4.74 Å². The summed E-state index contributed by atoms with van der Waals surface area (Å²) in [5.41, 5.74) is 0.235. The number of esters is 1. The maximum absolute atomic E-state index is 11.2. The summed E-state index contributed by atoms with van der Waals surface area (Å²) < 4.78 is 4.59. The van der Waals surface area contributed by atoms with E-state index in [1.807, 2.05) is 0 Å². The Kier molecular flexibility index (Phi) is 3.82. The highest BCUT2D eigenvalue weighted by molar-refractivity contribution is 5.86. The first-order valence-corrected chi connectivity index (χ1v) is 7.16. The van der Waals surface area contributed by atoms with Crippen molar-refractivity contribution in [2.24, 2.45) is 5.92 Å². The number of nitrogens with zero attached hydrogens (tertiary/aromatic N) is 3. The van der Waals surface area contributed by atoms with E-state index in [9.17, 15) is 4.79 Å². The quantitative estimate of drug-likeness (QED) is 0.814. The zero-order valence-corrected chi connectivity index (χ0v) is 11.7. The van der Waals surface area contributed by atoms with E-state index < -0.39 is 5.97 Å². The van der Waals surface area contributed by atoms with E-state index in [0.29, 0.717) is 11.7 Å². The molecular formula is C14H20N4O2. The van der Waals surface area contributed by atoms with E-state index in [2.05, 4.69) is 25.2 Å². The van der Waals surface area contributed by atoms with Crippen molar-refractivity contribution in [2.75, 3.05) is 32.1 Å². The molecule has 1 aromatic rings. The van der Waals surface area contributed by atoms with Crippen molar-refractivity contribution < 1.29 is 9.53 Å². The molecule has 0 spiro atoms. The van der Waals surface area contributed by atoms with Gasteiger partial charge in [-0.25, -0.2) is 4.79 Å². The summed E-state index contributed by atoms with van der Waals surface area (Å²) in [4.78, 5) is 13.8. The number of methoxy groups -OCH3 is 1. The van der Waals surface area contributed by atoms with Crippen molar-refractivity contribution >= 4 is 11.8 Å². The number of anilines is 1. The van der Waals surface area contributed by atoms with Crippen molar-refractivity contribution in [3.63, 3.8) is 0 Å². The molecule has 1 saturated heterocycles. The third-order valence-corrected chi connectivity index (χ3v) is 4.01. The second kappa shape index (κ2) is 5.75. The van der Waals surface area contributed by atoms with Gasteiger partial charge in [0, 0.05) is 19.1 Å². The van der Waals surface area contributed by atoms with Crippen LogP contribution in [0.1, 0.15) is 29.8 Å². The number of nitrogens with one attached hydrogen (secondary N) is 1. The Morgan fingerprint density at radius 2 is 2.25 bits per heavy atom. The number of carbonyl (C=O) groups excluding carboxylic acids is 1. The van der Waals surface area contributed by atoms with Crippen LogP contribution >= 0.6 is 0 Å². The average Bonchev–Trinajstić information content (AvgIpc) is 3.24. The lowest BCUT2D eigenvalue weighted by atomic mass is 10.1. The predicted octanol–water partition coefficient (Wildman–Crippen LogP) is 1.16. The maximum atomic E-state index is 11.2. The van der Waals surface area contributed by atoms with Crippen LogP contribution in [0.25, 0.3) is 0 Å². The highest BCUT2D eigenvalue weighted by Crippen LogP contribution is 2.31. The van der Waals surface area contributed by atoms with Crippen LogP contribution in [0, 0.1) is 5.92 Å². The topological polar surface area (TPSA) is 67.3 Å². The van der Waals surface area contributed by atoms with Gasteiger partial charge >= 0.3 is 5.97 Å². The van der Waals surface area contributed by atoms with Gasteiger partial charge in [-0.05, 0) is 43.9 Å². The molecule has 1 N–H and O–H groups in total. The van der Waals surface area contributed by atoms with Crippen LogP contribution in [0.2, 0.25) is 0 Å². The van der Waals surface area contributed by atoms with Gasteiger partial charge in [0.15, 0.2) is 5.69 Å². The van der Waals surface area contributed by atoms with Crippen molar-refractivity contribution in [3.05, 3.63) is 17.8 Å². The summed E-state index contributed by atoms with van der Waals surface area (Å²) in [6.45, 7) is 3.32. The molecule has 1 aromatic heterocycles. The van der Waals surface area contributed by atoms with Gasteiger partial charge in [0.05, 0.1) is 7.11 Å². The molecule has 2 aliphatic rings. The van der Waals surface area contributed by atoms with E-state index in [-0.39, 0.29) is 5.69 Å². The summed E-state index contributed by atoms with van der Waals surface area (Å²) in [7, 11) is 1.34. The van der Waals surface area contributed by atoms with Gasteiger partial charge in [-0.2, -0.15) is 0 Å². The van der Waals surface area contributed by atoms with Crippen LogP contribution in [0.3, 0.4) is 0 Å². The van der Waals surface area contributed by atoms with Gasteiger partial charge in [0.25, 0.3) is 0 Å². The van der Waals surface area contributed by atoms with Crippen LogP contribution in [-0.4, -0.2) is 53.9 Å². The average molecular weight is 276 g/mol. The van der Waals surface area contributed by atoms with E-state index in [4.69, 9.17) is 0 Å². The molecule has 0 bridgehead atoms. The minimum absolute atomic E-state index is 0.235. The summed E-state index contributed by atoms with van der Waals surface area (Å²) in [6.07, 6.45) is 4.00. The Morgan fingerprint density at radius 1 is 1.40 bits per heavy atom. The van der Waals surface area contributed by atoms with Gasteiger partial charge < -0.3 is 15.0 Å². The lowest BCUT2D eigenvalue weighted by Gasteiger charge is -2.15. The summed E-state index contributed by atoms with van der Waals surface area (Å²) >= 11 is 0. The summed E-state index contributed by atoms with van der Waals surface area (Å²) in [5, 5.41) is 11.1. The van der Waals surface area contributed by atoms with Crippen LogP contribution in [0.5, 0.6) is 0 Å². The van der Waals surface area contributed by atoms with E-state index in [0.717, 1.165) is 12.6 Å². The number of aromatic nitrogens is 2. The molecule has 6 heteroatoms. The molecule has 0 amide bonds. The number of hydrogen-bond donors (Lipinski definition) is 1. The molecule has 1 aliphatic carbocycles. The first kappa shape index (κ1) is 13.3. The molecule has 3 rings (SSSR count). The second-order valence-electron chi connectivity index (χ2n) is 5.56. The van der Waals surface area contributed by atoms with Gasteiger partial charge in [0.1, 0.15) is 5.82 Å². The Balaban J connectivity index is 1.47. The van der Waals surface area contributed by atoms with Gasteiger partial charge in [-0.3, -0.25) is 0 Å². The SMILES string of the molecule is COC(=O)c1ccc(NCC2CCN(C3CC3)C2)nn1. The lowest BCUT2D eigenvalue weighted by molar-refractivity contribution is 0.0593. The number of rotatable bonds is 5. The maximum Gasteiger partial charge on any atom is 0.358 e. The molecule has 108 valence electrons. The number of likely N-dealkylation sites (tertiary alicyclic amines) is 1. The highest BCUT2D eigenvalue weighted by atomic mass is 16.5. The number of hydrogen-bond acceptors (Lipinski definition) is 6. The smallest absolute Gasteiger partial charge is 0.358 e. The Hall–Kier alpha value is -1.69. The Morgan fingerprint density at radius 3 is 2.90 bits per heavy atom. The van der Waals surface area contributed by atoms with E-state index in [1.165, 1.54) is 39.5 Å². The molecule has 6 nitrogen and oxygen atoms in total. The largest absolute Gasteiger partial charge is 0.464 e. The third-order valence-electron chi connectivity index (χ3n) is 4.01. The van der Waals surface area contributed by atoms with E-state index >= 15 is 0 Å². The molecule has 0 aromatic carbocycles. The first-order valence-electron chi connectivity index (χ1n) is 7.16. The van der Waals surface area contributed by atoms with E-state index in [1.54, 1.807) is 12.1 Å². The molecule has 1 atom stereocenters. The molecule has 2 fully saturated rings. The zero-order valence-electron chi connectivity index (χ0n) is 11.7. The first-order chi connectivity index (χ1) is 9.76. The van der Waals surface area contributed by atoms with Crippen LogP contribution in [0.4, 0.5) is 5.82 Å². The fraction of sp³-hybridized carbons (Fsp3) is 0.643. The van der Waals surface area contributed by atoms with Crippen LogP contribution < -0.4 is 5.32 Å². The van der Waals surface area contributed by atoms with Crippen molar-refractivity contribution in [1.29, 1.82) is 0 Å². The van der Waals surface area contributed by atoms with Crippen molar-refractivity contribution in [3.8, 4) is 0 Å². The Bertz CT molecular complexity index is 473. The van der Waals surface area contributed by atoms with Gasteiger partial charge in [-0.15, -0.1) is 10.2 Å². The van der Waals surface area contributed by atoms with Crippen LogP contribution in [0.15, 0.2) is 12.1 Å². The predicted molar refractivity (Wildman–Crippen MR) is 74.6 cm³/mol. The molecular weight excluding hydrogens is 256 g/mol. The minimum Gasteiger partial charge on any atom is -0.464 e.